The third kappa shape index (κ3) is 5.34. The maximum Gasteiger partial charge on any atom is 0.416 e. The molecule has 1 N–H and O–H groups in total. The van der Waals surface area contributed by atoms with Gasteiger partial charge in [0.1, 0.15) is 0 Å². The Morgan fingerprint density at radius 3 is 2.38 bits per heavy atom. The maximum atomic E-state index is 12.9. The van der Waals surface area contributed by atoms with Crippen LogP contribution in [0, 0.1) is 17.0 Å². The molecule has 0 spiro atoms. The highest BCUT2D eigenvalue weighted by Crippen LogP contribution is 2.31. The highest BCUT2D eigenvalue weighted by atomic mass is 19.4. The summed E-state index contributed by atoms with van der Waals surface area (Å²) in [5.41, 5.74) is 0.151. The molecule has 0 saturated carbocycles. The van der Waals surface area contributed by atoms with Crippen LogP contribution >= 0.6 is 0 Å². The predicted molar refractivity (Wildman–Crippen MR) is 110 cm³/mol. The largest absolute Gasteiger partial charge is 0.416 e. The molecular weight excluding hydrogens is 429 g/mol. The van der Waals surface area contributed by atoms with Crippen LogP contribution in [0.3, 0.4) is 0 Å². The van der Waals surface area contributed by atoms with Crippen molar-refractivity contribution >= 4 is 23.2 Å². The minimum atomic E-state index is -4.42. The smallest absolute Gasteiger partial charge is 0.368 e. The number of carbonyl (C=O) groups excluding carboxylic acids is 2. The van der Waals surface area contributed by atoms with E-state index in [4.69, 9.17) is 0 Å². The highest BCUT2D eigenvalue weighted by Gasteiger charge is 2.31. The summed E-state index contributed by atoms with van der Waals surface area (Å²) in [5.74, 6) is -0.848. The first-order chi connectivity index (χ1) is 15.1. The molecule has 1 saturated heterocycles. The van der Waals surface area contributed by atoms with E-state index in [1.54, 1.807) is 11.0 Å². The lowest BCUT2D eigenvalue weighted by Gasteiger charge is -2.36. The van der Waals surface area contributed by atoms with Gasteiger partial charge in [0.25, 0.3) is 11.6 Å². The fourth-order valence-electron chi connectivity index (χ4n) is 3.46. The lowest BCUT2D eigenvalue weighted by molar-refractivity contribution is -0.385. The summed E-state index contributed by atoms with van der Waals surface area (Å²) in [6.07, 6.45) is -4.42. The van der Waals surface area contributed by atoms with Gasteiger partial charge in [-0.2, -0.15) is 13.2 Å². The van der Waals surface area contributed by atoms with Gasteiger partial charge < -0.3 is 15.1 Å². The summed E-state index contributed by atoms with van der Waals surface area (Å²) in [6.45, 7) is 2.61. The van der Waals surface area contributed by atoms with E-state index in [9.17, 15) is 32.9 Å². The van der Waals surface area contributed by atoms with Crippen molar-refractivity contribution in [2.45, 2.75) is 13.1 Å². The van der Waals surface area contributed by atoms with Crippen LogP contribution in [-0.2, 0) is 11.0 Å². The van der Waals surface area contributed by atoms with Crippen molar-refractivity contribution in [1.82, 2.24) is 10.2 Å². The first-order valence-electron chi connectivity index (χ1n) is 9.79. The number of nitrogens with zero attached hydrogens (tertiary/aromatic N) is 3. The molecular formula is C21H21F3N4O4. The second kappa shape index (κ2) is 9.25. The summed E-state index contributed by atoms with van der Waals surface area (Å²) >= 11 is 0. The Hall–Kier alpha value is -3.63. The quantitative estimate of drug-likeness (QED) is 0.558. The van der Waals surface area contributed by atoms with Gasteiger partial charge in [-0.3, -0.25) is 19.7 Å². The number of hydrogen-bond donors (Lipinski definition) is 1. The second-order valence-electron chi connectivity index (χ2n) is 7.36. The number of piperazine rings is 1. The number of rotatable bonds is 5. The van der Waals surface area contributed by atoms with Gasteiger partial charge in [0.05, 0.1) is 17.0 Å². The molecule has 1 aliphatic heterocycles. The molecule has 1 heterocycles. The van der Waals surface area contributed by atoms with E-state index in [2.05, 4.69) is 5.32 Å². The van der Waals surface area contributed by atoms with Crippen molar-refractivity contribution in [1.29, 1.82) is 0 Å². The fourth-order valence-corrected chi connectivity index (χ4v) is 3.46. The first kappa shape index (κ1) is 23.0. The van der Waals surface area contributed by atoms with Gasteiger partial charge in [-0.05, 0) is 37.3 Å². The molecule has 170 valence electrons. The van der Waals surface area contributed by atoms with E-state index >= 15 is 0 Å². The molecule has 0 aliphatic carbocycles. The Morgan fingerprint density at radius 1 is 1.09 bits per heavy atom. The highest BCUT2D eigenvalue weighted by molar-refractivity contribution is 5.96. The van der Waals surface area contributed by atoms with Crippen molar-refractivity contribution in [3.63, 3.8) is 0 Å². The summed E-state index contributed by atoms with van der Waals surface area (Å²) in [4.78, 5) is 38.3. The molecule has 0 unspecified atom stereocenters. The van der Waals surface area contributed by atoms with Crippen molar-refractivity contribution in [2.24, 2.45) is 0 Å². The van der Waals surface area contributed by atoms with Crippen LogP contribution in [0.25, 0.3) is 0 Å². The topological polar surface area (TPSA) is 95.8 Å². The minimum absolute atomic E-state index is 0.101. The molecule has 0 atom stereocenters. The zero-order chi connectivity index (χ0) is 23.5. The third-order valence-electron chi connectivity index (χ3n) is 5.23. The maximum absolute atomic E-state index is 12.9. The van der Waals surface area contributed by atoms with Crippen molar-refractivity contribution in [3.05, 3.63) is 69.3 Å². The predicted octanol–water partition coefficient (Wildman–Crippen LogP) is 3.00. The van der Waals surface area contributed by atoms with E-state index in [-0.39, 0.29) is 23.7 Å². The lowest BCUT2D eigenvalue weighted by atomic mass is 10.1. The van der Waals surface area contributed by atoms with Gasteiger partial charge in [-0.15, -0.1) is 0 Å². The first-order valence-corrected chi connectivity index (χ1v) is 9.79. The van der Waals surface area contributed by atoms with Crippen LogP contribution in [0.5, 0.6) is 0 Å². The van der Waals surface area contributed by atoms with E-state index in [0.717, 1.165) is 12.1 Å². The van der Waals surface area contributed by atoms with Crippen LogP contribution in [0.4, 0.5) is 24.5 Å². The van der Waals surface area contributed by atoms with Crippen molar-refractivity contribution < 1.29 is 27.7 Å². The number of nitro groups is 1. The van der Waals surface area contributed by atoms with E-state index < -0.39 is 22.6 Å². The van der Waals surface area contributed by atoms with Gasteiger partial charge in [-0.1, -0.05) is 6.07 Å². The van der Waals surface area contributed by atoms with Crippen LogP contribution in [0.15, 0.2) is 42.5 Å². The SMILES string of the molecule is Cc1cc(C(=O)NCC(=O)N2CCN(c3cccc(C(F)(F)F)c3)CC2)ccc1[N+](=O)[O-]. The minimum Gasteiger partial charge on any atom is -0.368 e. The van der Waals surface area contributed by atoms with Gasteiger partial charge in [0, 0.05) is 49.1 Å². The number of nitro benzene ring substituents is 1. The number of anilines is 1. The molecule has 1 aliphatic rings. The Bertz CT molecular complexity index is 1030. The van der Waals surface area contributed by atoms with Crippen LogP contribution in [0.1, 0.15) is 21.5 Å². The van der Waals surface area contributed by atoms with Gasteiger partial charge in [0.2, 0.25) is 5.91 Å². The Morgan fingerprint density at radius 2 is 1.78 bits per heavy atom. The molecule has 11 heteroatoms. The van der Waals surface area contributed by atoms with Crippen molar-refractivity contribution in [3.8, 4) is 0 Å². The molecule has 0 bridgehead atoms. The number of amides is 2. The summed E-state index contributed by atoms with van der Waals surface area (Å²) in [7, 11) is 0. The molecule has 32 heavy (non-hydrogen) atoms. The van der Waals surface area contributed by atoms with Gasteiger partial charge >= 0.3 is 6.18 Å². The molecule has 0 aromatic heterocycles. The fraction of sp³-hybridized carbons (Fsp3) is 0.333. The van der Waals surface area contributed by atoms with Crippen LogP contribution in [0.2, 0.25) is 0 Å². The molecule has 1 fully saturated rings. The van der Waals surface area contributed by atoms with E-state index in [1.165, 1.54) is 36.1 Å². The van der Waals surface area contributed by atoms with Crippen molar-refractivity contribution in [2.75, 3.05) is 37.6 Å². The van der Waals surface area contributed by atoms with E-state index in [0.29, 0.717) is 37.4 Å². The van der Waals surface area contributed by atoms with Crippen LogP contribution < -0.4 is 10.2 Å². The zero-order valence-corrected chi connectivity index (χ0v) is 17.2. The average Bonchev–Trinajstić information content (AvgIpc) is 2.76. The summed E-state index contributed by atoms with van der Waals surface area (Å²) < 4.78 is 38.8. The Balaban J connectivity index is 1.52. The molecule has 8 nitrogen and oxygen atoms in total. The van der Waals surface area contributed by atoms with Gasteiger partial charge in [0.15, 0.2) is 0 Å². The number of halogens is 3. The van der Waals surface area contributed by atoms with Gasteiger partial charge in [-0.25, -0.2) is 0 Å². The summed E-state index contributed by atoms with van der Waals surface area (Å²) in [5, 5.41) is 13.4. The molecule has 0 radical (unpaired) electrons. The lowest BCUT2D eigenvalue weighted by Crippen LogP contribution is -2.51. The van der Waals surface area contributed by atoms with E-state index in [1.807, 2.05) is 0 Å². The number of hydrogen-bond acceptors (Lipinski definition) is 5. The van der Waals surface area contributed by atoms with Crippen LogP contribution in [-0.4, -0.2) is 54.4 Å². The second-order valence-corrected chi connectivity index (χ2v) is 7.36. The zero-order valence-electron chi connectivity index (χ0n) is 17.2. The molecule has 2 aromatic rings. The number of benzene rings is 2. The average molecular weight is 450 g/mol. The third-order valence-corrected chi connectivity index (χ3v) is 5.23. The molecule has 2 aromatic carbocycles. The Kier molecular flexibility index (Phi) is 6.66. The number of carbonyl (C=O) groups is 2. The monoisotopic (exact) mass is 450 g/mol. The number of alkyl halides is 3. The normalized spacial score (nSPS) is 14.2. The summed E-state index contributed by atoms with van der Waals surface area (Å²) in [6, 6.07) is 8.98. The Labute approximate surface area is 181 Å². The number of nitrogens with one attached hydrogen (secondary N) is 1. The number of aryl methyl sites for hydroxylation is 1. The molecule has 3 rings (SSSR count). The standard InChI is InChI=1S/C21H21F3N4O4/c1-14-11-15(5-6-18(14)28(31)32)20(30)25-13-19(29)27-9-7-26(8-10-27)17-4-2-3-16(12-17)21(22,23)24/h2-6,11-12H,7-10,13H2,1H3,(H,25,30). The molecule has 2 amide bonds.